The van der Waals surface area contributed by atoms with E-state index in [4.69, 9.17) is 0 Å². The van der Waals surface area contributed by atoms with Crippen molar-refractivity contribution in [2.75, 3.05) is 6.54 Å². The van der Waals surface area contributed by atoms with Crippen LogP contribution in [0.1, 0.15) is 19.4 Å². The van der Waals surface area contributed by atoms with Gasteiger partial charge in [-0.05, 0) is 24.8 Å². The van der Waals surface area contributed by atoms with Crippen LogP contribution in [0.2, 0.25) is 0 Å². The zero-order valence-corrected chi connectivity index (χ0v) is 10.3. The smallest absolute Gasteiger partial charge is 0.0715 e. The monoisotopic (exact) mass is 230 g/mol. The third kappa shape index (κ3) is 3.25. The molecule has 0 aliphatic heterocycles. The summed E-state index contributed by atoms with van der Waals surface area (Å²) in [5.41, 5.74) is 0.477. The molecule has 0 saturated heterocycles. The number of hydrogen-bond donors (Lipinski definition) is 2. The Hall–Kier alpha value is -1.45. The molecule has 17 heavy (non-hydrogen) atoms. The summed E-state index contributed by atoms with van der Waals surface area (Å²) in [5, 5.41) is 15.2. The van der Waals surface area contributed by atoms with Crippen LogP contribution in [0.25, 0.3) is 10.8 Å². The van der Waals surface area contributed by atoms with Crippen LogP contribution in [0.3, 0.4) is 0 Å². The fraction of sp³-hybridized carbons (Fsp3) is 0.357. The number of aliphatic hydroxyl groups is 1. The molecular weight excluding hydrogens is 212 g/mol. The number of aromatic nitrogens is 1. The minimum Gasteiger partial charge on any atom is -0.389 e. The van der Waals surface area contributed by atoms with Gasteiger partial charge in [0.25, 0.3) is 0 Å². The van der Waals surface area contributed by atoms with Crippen molar-refractivity contribution in [3.63, 3.8) is 0 Å². The SMILES string of the molecule is CC(C)(O)CNCc1cncc2ccccc12. The van der Waals surface area contributed by atoms with Gasteiger partial charge in [-0.15, -0.1) is 0 Å². The summed E-state index contributed by atoms with van der Waals surface area (Å²) in [6.07, 6.45) is 3.74. The standard InChI is InChI=1S/C14H18N2O/c1-14(2,17)10-16-9-12-8-15-7-11-5-3-4-6-13(11)12/h3-8,16-17H,9-10H2,1-2H3. The molecule has 3 nitrogen and oxygen atoms in total. The maximum absolute atomic E-state index is 9.63. The van der Waals surface area contributed by atoms with E-state index in [-0.39, 0.29) is 0 Å². The third-order valence-corrected chi connectivity index (χ3v) is 2.62. The number of nitrogens with one attached hydrogen (secondary N) is 1. The van der Waals surface area contributed by atoms with Gasteiger partial charge < -0.3 is 10.4 Å². The highest BCUT2D eigenvalue weighted by Gasteiger charge is 2.11. The number of nitrogens with zero attached hydrogens (tertiary/aromatic N) is 1. The van der Waals surface area contributed by atoms with Gasteiger partial charge in [-0.3, -0.25) is 4.98 Å². The summed E-state index contributed by atoms with van der Waals surface area (Å²) in [4.78, 5) is 4.23. The molecule has 0 fully saturated rings. The van der Waals surface area contributed by atoms with E-state index in [0.717, 1.165) is 17.5 Å². The highest BCUT2D eigenvalue weighted by molar-refractivity contribution is 5.84. The second-order valence-electron chi connectivity index (χ2n) is 4.94. The first-order valence-electron chi connectivity index (χ1n) is 5.81. The molecule has 0 spiro atoms. The van der Waals surface area contributed by atoms with E-state index in [1.165, 1.54) is 5.39 Å². The van der Waals surface area contributed by atoms with E-state index in [2.05, 4.69) is 22.4 Å². The van der Waals surface area contributed by atoms with Crippen molar-refractivity contribution in [1.29, 1.82) is 0 Å². The zero-order valence-electron chi connectivity index (χ0n) is 10.3. The summed E-state index contributed by atoms with van der Waals surface area (Å²) in [5.74, 6) is 0. The first-order chi connectivity index (χ1) is 8.06. The molecule has 0 unspecified atom stereocenters. The average molecular weight is 230 g/mol. The third-order valence-electron chi connectivity index (χ3n) is 2.62. The molecule has 0 amide bonds. The predicted octanol–water partition coefficient (Wildman–Crippen LogP) is 2.10. The minimum atomic E-state index is -0.683. The summed E-state index contributed by atoms with van der Waals surface area (Å²) in [6, 6.07) is 8.19. The number of pyridine rings is 1. The number of benzene rings is 1. The van der Waals surface area contributed by atoms with E-state index in [1.54, 1.807) is 13.8 Å². The van der Waals surface area contributed by atoms with Crippen molar-refractivity contribution in [1.82, 2.24) is 10.3 Å². The molecule has 0 bridgehead atoms. The normalized spacial score (nSPS) is 11.9. The first-order valence-corrected chi connectivity index (χ1v) is 5.81. The Labute approximate surface area is 102 Å². The molecular formula is C14H18N2O. The Kier molecular flexibility index (Phi) is 3.41. The zero-order chi connectivity index (χ0) is 12.3. The van der Waals surface area contributed by atoms with Crippen LogP contribution < -0.4 is 5.32 Å². The summed E-state index contributed by atoms with van der Waals surface area (Å²) in [7, 11) is 0. The molecule has 1 heterocycles. The van der Waals surface area contributed by atoms with E-state index < -0.39 is 5.60 Å². The molecule has 2 aromatic rings. The summed E-state index contributed by atoms with van der Waals surface area (Å²) >= 11 is 0. The van der Waals surface area contributed by atoms with Crippen LogP contribution in [-0.4, -0.2) is 22.2 Å². The number of fused-ring (bicyclic) bond motifs is 1. The van der Waals surface area contributed by atoms with Crippen molar-refractivity contribution in [3.8, 4) is 0 Å². The van der Waals surface area contributed by atoms with Crippen molar-refractivity contribution in [2.24, 2.45) is 0 Å². The van der Waals surface area contributed by atoms with Gasteiger partial charge in [0, 0.05) is 30.9 Å². The Morgan fingerprint density at radius 3 is 2.76 bits per heavy atom. The van der Waals surface area contributed by atoms with Gasteiger partial charge in [0.1, 0.15) is 0 Å². The van der Waals surface area contributed by atoms with Gasteiger partial charge in [0.2, 0.25) is 0 Å². The number of hydrogen-bond acceptors (Lipinski definition) is 3. The minimum absolute atomic E-state index is 0.566. The lowest BCUT2D eigenvalue weighted by molar-refractivity contribution is 0.0795. The van der Waals surface area contributed by atoms with Gasteiger partial charge in [-0.2, -0.15) is 0 Å². The molecule has 2 rings (SSSR count). The molecule has 0 saturated carbocycles. The van der Waals surface area contributed by atoms with Gasteiger partial charge in [-0.1, -0.05) is 24.3 Å². The topological polar surface area (TPSA) is 45.1 Å². The second-order valence-corrected chi connectivity index (χ2v) is 4.94. The second kappa shape index (κ2) is 4.82. The van der Waals surface area contributed by atoms with E-state index in [9.17, 15) is 5.11 Å². The van der Waals surface area contributed by atoms with Crippen molar-refractivity contribution in [3.05, 3.63) is 42.2 Å². The van der Waals surface area contributed by atoms with Gasteiger partial charge >= 0.3 is 0 Å². The van der Waals surface area contributed by atoms with E-state index in [0.29, 0.717) is 6.54 Å². The van der Waals surface area contributed by atoms with E-state index in [1.807, 2.05) is 24.5 Å². The van der Waals surface area contributed by atoms with Crippen LogP contribution in [0.5, 0.6) is 0 Å². The fourth-order valence-corrected chi connectivity index (χ4v) is 1.82. The first kappa shape index (κ1) is 12.0. The molecule has 0 radical (unpaired) electrons. The van der Waals surface area contributed by atoms with Crippen LogP contribution >= 0.6 is 0 Å². The molecule has 90 valence electrons. The maximum atomic E-state index is 9.63. The van der Waals surface area contributed by atoms with E-state index >= 15 is 0 Å². The molecule has 1 aromatic carbocycles. The average Bonchev–Trinajstić information content (AvgIpc) is 2.28. The van der Waals surface area contributed by atoms with Crippen molar-refractivity contribution in [2.45, 2.75) is 26.0 Å². The van der Waals surface area contributed by atoms with Crippen molar-refractivity contribution >= 4 is 10.8 Å². The van der Waals surface area contributed by atoms with Crippen LogP contribution in [0, 0.1) is 0 Å². The molecule has 3 heteroatoms. The molecule has 1 aromatic heterocycles. The van der Waals surface area contributed by atoms with Gasteiger partial charge in [0.15, 0.2) is 0 Å². The summed E-state index contributed by atoms with van der Waals surface area (Å²) in [6.45, 7) is 4.87. The fourth-order valence-electron chi connectivity index (χ4n) is 1.82. The largest absolute Gasteiger partial charge is 0.389 e. The Balaban J connectivity index is 2.13. The highest BCUT2D eigenvalue weighted by atomic mass is 16.3. The Bertz CT molecular complexity index is 498. The molecule has 2 N–H and O–H groups in total. The lowest BCUT2D eigenvalue weighted by Gasteiger charge is -2.18. The summed E-state index contributed by atoms with van der Waals surface area (Å²) < 4.78 is 0. The quantitative estimate of drug-likeness (QED) is 0.845. The Morgan fingerprint density at radius 2 is 2.00 bits per heavy atom. The predicted molar refractivity (Wildman–Crippen MR) is 69.7 cm³/mol. The lowest BCUT2D eigenvalue weighted by atomic mass is 10.1. The molecule has 0 atom stereocenters. The highest BCUT2D eigenvalue weighted by Crippen LogP contribution is 2.16. The van der Waals surface area contributed by atoms with Crippen molar-refractivity contribution < 1.29 is 5.11 Å². The van der Waals surface area contributed by atoms with Gasteiger partial charge in [-0.25, -0.2) is 0 Å². The van der Waals surface area contributed by atoms with Crippen LogP contribution in [0.15, 0.2) is 36.7 Å². The lowest BCUT2D eigenvalue weighted by Crippen LogP contribution is -2.34. The number of rotatable bonds is 4. The molecule has 0 aliphatic carbocycles. The maximum Gasteiger partial charge on any atom is 0.0715 e. The van der Waals surface area contributed by atoms with Crippen LogP contribution in [-0.2, 0) is 6.54 Å². The van der Waals surface area contributed by atoms with Gasteiger partial charge in [0.05, 0.1) is 5.60 Å². The Morgan fingerprint density at radius 1 is 1.24 bits per heavy atom. The molecule has 0 aliphatic rings. The van der Waals surface area contributed by atoms with Crippen LogP contribution in [0.4, 0.5) is 0 Å².